The summed E-state index contributed by atoms with van der Waals surface area (Å²) in [7, 11) is 1.14. The van der Waals surface area contributed by atoms with Crippen molar-refractivity contribution in [2.45, 2.75) is 64.6 Å². The van der Waals surface area contributed by atoms with Gasteiger partial charge < -0.3 is 14.0 Å². The fourth-order valence-corrected chi connectivity index (χ4v) is 1.81. The first-order valence-electron chi connectivity index (χ1n) is 6.87. The summed E-state index contributed by atoms with van der Waals surface area (Å²) in [5.41, 5.74) is -0.570. The molecule has 1 aliphatic rings. The Labute approximate surface area is 116 Å². The molecular formula is C14H25BO4. The van der Waals surface area contributed by atoms with E-state index in [1.807, 2.05) is 33.7 Å². The average Bonchev–Trinajstić information content (AvgIpc) is 2.51. The number of hydrogen-bond donors (Lipinski definition) is 0. The maximum atomic E-state index is 10.9. The van der Waals surface area contributed by atoms with E-state index in [2.05, 4.69) is 10.8 Å². The van der Waals surface area contributed by atoms with Gasteiger partial charge in [0.05, 0.1) is 18.3 Å². The Morgan fingerprint density at radius 1 is 1.16 bits per heavy atom. The van der Waals surface area contributed by atoms with Crippen molar-refractivity contribution in [3.63, 3.8) is 0 Å². The van der Waals surface area contributed by atoms with Crippen LogP contribution >= 0.6 is 0 Å². The van der Waals surface area contributed by atoms with Gasteiger partial charge in [0, 0.05) is 6.42 Å². The minimum absolute atomic E-state index is 0.144. The topological polar surface area (TPSA) is 44.8 Å². The van der Waals surface area contributed by atoms with Gasteiger partial charge in [-0.1, -0.05) is 12.1 Å². The van der Waals surface area contributed by atoms with Crippen molar-refractivity contribution in [3.05, 3.63) is 12.1 Å². The van der Waals surface area contributed by atoms with E-state index < -0.39 is 0 Å². The van der Waals surface area contributed by atoms with Crippen LogP contribution in [0.25, 0.3) is 0 Å². The van der Waals surface area contributed by atoms with Crippen LogP contribution < -0.4 is 0 Å². The standard InChI is InChI=1S/C14H25BO4/c1-13(2)14(3,4)19-15(18-13)11-9-7-6-8-10-12(16)17-5/h9,11H,6-8,10H2,1-5H3/b11-9-. The Bertz CT molecular complexity index is 320. The van der Waals surface area contributed by atoms with Gasteiger partial charge in [-0.2, -0.15) is 0 Å². The van der Waals surface area contributed by atoms with Crippen LogP contribution in [0, 0.1) is 0 Å². The number of hydrogen-bond acceptors (Lipinski definition) is 4. The second-order valence-corrected chi connectivity index (χ2v) is 5.87. The second kappa shape index (κ2) is 6.57. The van der Waals surface area contributed by atoms with Crippen molar-refractivity contribution in [2.24, 2.45) is 0 Å². The quantitative estimate of drug-likeness (QED) is 0.422. The Morgan fingerprint density at radius 3 is 2.26 bits per heavy atom. The predicted octanol–water partition coefficient (Wildman–Crippen LogP) is 2.91. The van der Waals surface area contributed by atoms with Crippen LogP contribution in [0.3, 0.4) is 0 Å². The van der Waals surface area contributed by atoms with E-state index in [4.69, 9.17) is 9.31 Å². The highest BCUT2D eigenvalue weighted by Crippen LogP contribution is 2.36. The van der Waals surface area contributed by atoms with Gasteiger partial charge in [-0.25, -0.2) is 0 Å². The highest BCUT2D eigenvalue weighted by atomic mass is 16.7. The van der Waals surface area contributed by atoms with Crippen molar-refractivity contribution in [3.8, 4) is 0 Å². The average molecular weight is 268 g/mol. The molecule has 0 atom stereocenters. The summed E-state index contributed by atoms with van der Waals surface area (Å²) in [6.45, 7) is 8.16. The molecule has 1 heterocycles. The number of carbonyl (C=O) groups is 1. The lowest BCUT2D eigenvalue weighted by molar-refractivity contribution is -0.140. The Balaban J connectivity index is 2.23. The highest BCUT2D eigenvalue weighted by molar-refractivity contribution is 6.51. The lowest BCUT2D eigenvalue weighted by atomic mass is 9.89. The molecule has 0 aliphatic carbocycles. The van der Waals surface area contributed by atoms with Gasteiger partial charge in [0.2, 0.25) is 0 Å². The van der Waals surface area contributed by atoms with Gasteiger partial charge in [0.1, 0.15) is 0 Å². The number of allylic oxidation sites excluding steroid dienone is 1. The fourth-order valence-electron chi connectivity index (χ4n) is 1.81. The number of ether oxygens (including phenoxy) is 1. The van der Waals surface area contributed by atoms with Gasteiger partial charge in [-0.3, -0.25) is 4.79 Å². The van der Waals surface area contributed by atoms with Crippen molar-refractivity contribution in [2.75, 3.05) is 7.11 Å². The summed E-state index contributed by atoms with van der Waals surface area (Å²) in [4.78, 5) is 10.9. The molecule has 4 nitrogen and oxygen atoms in total. The number of unbranched alkanes of at least 4 members (excludes halogenated alkanes) is 2. The third kappa shape index (κ3) is 4.66. The van der Waals surface area contributed by atoms with Gasteiger partial charge in [-0.15, -0.1) is 0 Å². The summed E-state index contributed by atoms with van der Waals surface area (Å²) in [6, 6.07) is 0. The zero-order chi connectivity index (χ0) is 14.5. The SMILES string of the molecule is COC(=O)CCCC/C=C\B1OC(C)(C)C(C)(C)O1. The summed E-state index contributed by atoms with van der Waals surface area (Å²) in [5.74, 6) is 1.81. The van der Waals surface area contributed by atoms with E-state index in [1.54, 1.807) is 0 Å². The lowest BCUT2D eigenvalue weighted by Crippen LogP contribution is -2.41. The maximum absolute atomic E-state index is 10.9. The van der Waals surface area contributed by atoms with Crippen LogP contribution in [-0.2, 0) is 18.8 Å². The monoisotopic (exact) mass is 268 g/mol. The summed E-state index contributed by atoms with van der Waals surface area (Å²) in [5, 5.41) is 0. The molecule has 0 amide bonds. The van der Waals surface area contributed by atoms with E-state index >= 15 is 0 Å². The molecule has 108 valence electrons. The molecule has 0 unspecified atom stereocenters. The van der Waals surface area contributed by atoms with Gasteiger partial charge in [0.25, 0.3) is 0 Å². The first-order valence-corrected chi connectivity index (χ1v) is 6.87. The maximum Gasteiger partial charge on any atom is 0.486 e. The molecule has 5 heteroatoms. The van der Waals surface area contributed by atoms with Gasteiger partial charge >= 0.3 is 13.1 Å². The summed E-state index contributed by atoms with van der Waals surface area (Å²) >= 11 is 0. The van der Waals surface area contributed by atoms with Gasteiger partial charge in [-0.05, 0) is 47.0 Å². The van der Waals surface area contributed by atoms with E-state index in [1.165, 1.54) is 7.11 Å². The van der Waals surface area contributed by atoms with Crippen LogP contribution in [0.15, 0.2) is 12.1 Å². The minimum atomic E-state index is -0.285. The van der Waals surface area contributed by atoms with E-state index in [-0.39, 0.29) is 24.3 Å². The van der Waals surface area contributed by atoms with Crippen molar-refractivity contribution >= 4 is 13.1 Å². The first kappa shape index (κ1) is 16.2. The molecule has 0 saturated carbocycles. The van der Waals surface area contributed by atoms with E-state index in [9.17, 15) is 4.79 Å². The first-order chi connectivity index (χ1) is 8.78. The normalized spacial score (nSPS) is 21.0. The molecule has 1 rings (SSSR count). The molecule has 0 aromatic carbocycles. The summed E-state index contributed by atoms with van der Waals surface area (Å²) < 4.78 is 16.3. The minimum Gasteiger partial charge on any atom is -0.469 e. The van der Waals surface area contributed by atoms with Crippen LogP contribution in [-0.4, -0.2) is 31.4 Å². The van der Waals surface area contributed by atoms with Crippen molar-refractivity contribution in [1.29, 1.82) is 0 Å². The third-order valence-corrected chi connectivity index (χ3v) is 3.79. The van der Waals surface area contributed by atoms with Crippen LogP contribution in [0.4, 0.5) is 0 Å². The second-order valence-electron chi connectivity index (χ2n) is 5.87. The molecular weight excluding hydrogens is 243 g/mol. The molecule has 1 saturated heterocycles. The molecule has 0 aromatic heterocycles. The zero-order valence-electron chi connectivity index (χ0n) is 12.7. The fraction of sp³-hybridized carbons (Fsp3) is 0.786. The summed E-state index contributed by atoms with van der Waals surface area (Å²) in [6.07, 6.45) is 5.27. The molecule has 0 spiro atoms. The third-order valence-electron chi connectivity index (χ3n) is 3.79. The highest BCUT2D eigenvalue weighted by Gasteiger charge is 2.49. The number of esters is 1. The van der Waals surface area contributed by atoms with Crippen molar-refractivity contribution in [1.82, 2.24) is 0 Å². The van der Waals surface area contributed by atoms with Crippen LogP contribution in [0.1, 0.15) is 53.4 Å². The van der Waals surface area contributed by atoms with E-state index in [0.29, 0.717) is 6.42 Å². The lowest BCUT2D eigenvalue weighted by Gasteiger charge is -2.32. The number of methoxy groups -OCH3 is 1. The molecule has 0 N–H and O–H groups in total. The Morgan fingerprint density at radius 2 is 1.74 bits per heavy atom. The molecule has 0 aromatic rings. The van der Waals surface area contributed by atoms with Crippen molar-refractivity contribution < 1.29 is 18.8 Å². The van der Waals surface area contributed by atoms with Gasteiger partial charge in [0.15, 0.2) is 0 Å². The molecule has 0 radical (unpaired) electrons. The van der Waals surface area contributed by atoms with E-state index in [0.717, 1.165) is 19.3 Å². The predicted molar refractivity (Wildman–Crippen MR) is 75.7 cm³/mol. The van der Waals surface area contributed by atoms with Crippen LogP contribution in [0.5, 0.6) is 0 Å². The molecule has 19 heavy (non-hydrogen) atoms. The Hall–Kier alpha value is -0.805. The molecule has 1 aliphatic heterocycles. The smallest absolute Gasteiger partial charge is 0.469 e. The Kier molecular flexibility index (Phi) is 5.62. The number of carbonyl (C=O) groups excluding carboxylic acids is 1. The molecule has 0 bridgehead atoms. The van der Waals surface area contributed by atoms with Crippen LogP contribution in [0.2, 0.25) is 0 Å². The number of rotatable bonds is 6. The largest absolute Gasteiger partial charge is 0.486 e. The zero-order valence-corrected chi connectivity index (χ0v) is 12.7. The molecule has 1 fully saturated rings.